The van der Waals surface area contributed by atoms with Gasteiger partial charge in [0.25, 0.3) is 0 Å². The van der Waals surface area contributed by atoms with Crippen molar-refractivity contribution < 1.29 is 9.84 Å². The Balaban J connectivity index is 1.61. The number of aliphatic hydroxyl groups excluding tert-OH is 1. The Bertz CT molecular complexity index is 637. The number of hydrogen-bond donors (Lipinski definition) is 2. The van der Waals surface area contributed by atoms with Crippen molar-refractivity contribution in [1.29, 1.82) is 0 Å². The molecule has 0 bridgehead atoms. The van der Waals surface area contributed by atoms with Gasteiger partial charge in [0, 0.05) is 11.6 Å². The van der Waals surface area contributed by atoms with Crippen molar-refractivity contribution in [2.45, 2.75) is 38.8 Å². The molecule has 1 atom stereocenters. The summed E-state index contributed by atoms with van der Waals surface area (Å²) >= 11 is 0. The van der Waals surface area contributed by atoms with Gasteiger partial charge in [-0.1, -0.05) is 36.4 Å². The van der Waals surface area contributed by atoms with E-state index >= 15 is 0 Å². The molecule has 0 amide bonds. The van der Waals surface area contributed by atoms with Gasteiger partial charge in [0.1, 0.15) is 5.75 Å². The molecule has 0 aliphatic carbocycles. The van der Waals surface area contributed by atoms with E-state index in [0.29, 0.717) is 6.04 Å². The molecule has 3 heteroatoms. The summed E-state index contributed by atoms with van der Waals surface area (Å²) in [6.45, 7) is 3.96. The molecule has 0 saturated carbocycles. The van der Waals surface area contributed by atoms with E-state index in [-0.39, 0.29) is 6.61 Å². The number of ether oxygens (including phenoxy) is 1. The molecule has 0 aromatic heterocycles. The maximum Gasteiger partial charge on any atom is 0.124 e. The van der Waals surface area contributed by atoms with E-state index < -0.39 is 0 Å². The fraction of sp³-hybridized carbons (Fsp3) is 0.400. The topological polar surface area (TPSA) is 41.5 Å². The predicted octanol–water partition coefficient (Wildman–Crippen LogP) is 3.53. The summed E-state index contributed by atoms with van der Waals surface area (Å²) in [6, 6.07) is 15.0. The molecule has 2 aromatic rings. The van der Waals surface area contributed by atoms with Crippen molar-refractivity contribution in [1.82, 2.24) is 5.32 Å². The van der Waals surface area contributed by atoms with Crippen LogP contribution in [0, 0.1) is 6.92 Å². The zero-order chi connectivity index (χ0) is 16.1. The van der Waals surface area contributed by atoms with E-state index in [4.69, 9.17) is 9.84 Å². The van der Waals surface area contributed by atoms with Gasteiger partial charge in [-0.2, -0.15) is 0 Å². The molecule has 23 heavy (non-hydrogen) atoms. The molecule has 1 aliphatic rings. The Hall–Kier alpha value is -1.84. The van der Waals surface area contributed by atoms with Gasteiger partial charge in [-0.05, 0) is 55.5 Å². The number of aliphatic hydroxyl groups is 1. The van der Waals surface area contributed by atoms with Crippen LogP contribution in [0.3, 0.4) is 0 Å². The van der Waals surface area contributed by atoms with Gasteiger partial charge in [-0.15, -0.1) is 0 Å². The molecular formula is C20H25NO2. The lowest BCUT2D eigenvalue weighted by molar-refractivity contribution is 0.282. The lowest BCUT2D eigenvalue weighted by atomic mass is 10.00. The molecular weight excluding hydrogens is 286 g/mol. The standard InChI is InChI=1S/C20H25NO2/c1-15-4-9-18-19(3-2-12-23-20(18)13-15)21-11-10-16-5-7-17(14-22)8-6-16/h4-9,13,19,21-22H,2-3,10-12,14H2,1H3. The molecule has 0 radical (unpaired) electrons. The molecule has 1 unspecified atom stereocenters. The van der Waals surface area contributed by atoms with Crippen LogP contribution in [0.1, 0.15) is 41.1 Å². The van der Waals surface area contributed by atoms with Crippen molar-refractivity contribution >= 4 is 0 Å². The van der Waals surface area contributed by atoms with Crippen LogP contribution in [-0.2, 0) is 13.0 Å². The average Bonchev–Trinajstić information content (AvgIpc) is 2.77. The Kier molecular flexibility index (Phi) is 5.31. The number of benzene rings is 2. The largest absolute Gasteiger partial charge is 0.493 e. The summed E-state index contributed by atoms with van der Waals surface area (Å²) < 4.78 is 5.89. The lowest BCUT2D eigenvalue weighted by Crippen LogP contribution is -2.23. The Labute approximate surface area is 138 Å². The van der Waals surface area contributed by atoms with Crippen LogP contribution in [0.15, 0.2) is 42.5 Å². The van der Waals surface area contributed by atoms with Crippen LogP contribution in [0.4, 0.5) is 0 Å². The van der Waals surface area contributed by atoms with Crippen LogP contribution in [0.25, 0.3) is 0 Å². The van der Waals surface area contributed by atoms with Crippen LogP contribution in [-0.4, -0.2) is 18.3 Å². The molecule has 1 heterocycles. The van der Waals surface area contributed by atoms with E-state index in [1.165, 1.54) is 16.7 Å². The third-order valence-corrected chi connectivity index (χ3v) is 4.45. The fourth-order valence-corrected chi connectivity index (χ4v) is 3.09. The molecule has 0 fully saturated rings. The third kappa shape index (κ3) is 4.12. The van der Waals surface area contributed by atoms with Gasteiger partial charge in [-0.25, -0.2) is 0 Å². The highest BCUT2D eigenvalue weighted by molar-refractivity contribution is 5.40. The van der Waals surface area contributed by atoms with Crippen LogP contribution in [0.5, 0.6) is 5.75 Å². The first-order valence-electron chi connectivity index (χ1n) is 8.41. The number of fused-ring (bicyclic) bond motifs is 1. The van der Waals surface area contributed by atoms with E-state index in [0.717, 1.165) is 43.7 Å². The lowest BCUT2D eigenvalue weighted by Gasteiger charge is -2.19. The normalized spacial score (nSPS) is 17.2. The van der Waals surface area contributed by atoms with Gasteiger partial charge in [0.05, 0.1) is 13.2 Å². The minimum atomic E-state index is 0.108. The van der Waals surface area contributed by atoms with Crippen molar-refractivity contribution in [3.8, 4) is 5.75 Å². The molecule has 1 aliphatic heterocycles. The van der Waals surface area contributed by atoms with Crippen molar-refractivity contribution in [3.05, 3.63) is 64.7 Å². The Morgan fingerprint density at radius 1 is 1.13 bits per heavy atom. The van der Waals surface area contributed by atoms with E-state index in [9.17, 15) is 0 Å². The zero-order valence-corrected chi connectivity index (χ0v) is 13.7. The van der Waals surface area contributed by atoms with Crippen molar-refractivity contribution in [3.63, 3.8) is 0 Å². The van der Waals surface area contributed by atoms with Gasteiger partial charge >= 0.3 is 0 Å². The molecule has 0 saturated heterocycles. The number of hydrogen-bond acceptors (Lipinski definition) is 3. The summed E-state index contributed by atoms with van der Waals surface area (Å²) in [5.74, 6) is 1.03. The van der Waals surface area contributed by atoms with Gasteiger partial charge < -0.3 is 15.2 Å². The highest BCUT2D eigenvalue weighted by Gasteiger charge is 2.19. The second kappa shape index (κ2) is 7.62. The fourth-order valence-electron chi connectivity index (χ4n) is 3.09. The average molecular weight is 311 g/mol. The van der Waals surface area contributed by atoms with Crippen molar-refractivity contribution in [2.24, 2.45) is 0 Å². The molecule has 122 valence electrons. The Morgan fingerprint density at radius 3 is 2.70 bits per heavy atom. The van der Waals surface area contributed by atoms with Crippen molar-refractivity contribution in [2.75, 3.05) is 13.2 Å². The Morgan fingerprint density at radius 2 is 1.91 bits per heavy atom. The smallest absolute Gasteiger partial charge is 0.124 e. The van der Waals surface area contributed by atoms with Gasteiger partial charge in [0.15, 0.2) is 0 Å². The molecule has 0 spiro atoms. The van der Waals surface area contributed by atoms with Crippen LogP contribution in [0.2, 0.25) is 0 Å². The second-order valence-corrected chi connectivity index (χ2v) is 6.26. The predicted molar refractivity (Wildman–Crippen MR) is 92.7 cm³/mol. The molecule has 2 aromatic carbocycles. The minimum absolute atomic E-state index is 0.108. The zero-order valence-electron chi connectivity index (χ0n) is 13.7. The quantitative estimate of drug-likeness (QED) is 0.887. The van der Waals surface area contributed by atoms with Gasteiger partial charge in [-0.3, -0.25) is 0 Å². The number of rotatable bonds is 5. The monoisotopic (exact) mass is 311 g/mol. The maximum atomic E-state index is 9.09. The first-order valence-corrected chi connectivity index (χ1v) is 8.41. The van der Waals surface area contributed by atoms with Gasteiger partial charge in [0.2, 0.25) is 0 Å². The minimum Gasteiger partial charge on any atom is -0.493 e. The molecule has 3 nitrogen and oxygen atoms in total. The summed E-state index contributed by atoms with van der Waals surface area (Å²) in [7, 11) is 0. The van der Waals surface area contributed by atoms with E-state index in [2.05, 4.69) is 42.6 Å². The van der Waals surface area contributed by atoms with Crippen LogP contribution < -0.4 is 10.1 Å². The summed E-state index contributed by atoms with van der Waals surface area (Å²) in [5, 5.41) is 12.8. The van der Waals surface area contributed by atoms with E-state index in [1.54, 1.807) is 0 Å². The maximum absolute atomic E-state index is 9.09. The number of aryl methyl sites for hydroxylation is 1. The summed E-state index contributed by atoms with van der Waals surface area (Å²) in [6.07, 6.45) is 3.18. The summed E-state index contributed by atoms with van der Waals surface area (Å²) in [5.41, 5.74) is 4.78. The second-order valence-electron chi connectivity index (χ2n) is 6.26. The third-order valence-electron chi connectivity index (χ3n) is 4.45. The highest BCUT2D eigenvalue weighted by Crippen LogP contribution is 2.32. The first kappa shape index (κ1) is 16.0. The van der Waals surface area contributed by atoms with Crippen LogP contribution >= 0.6 is 0 Å². The number of nitrogens with one attached hydrogen (secondary N) is 1. The SMILES string of the molecule is Cc1ccc2c(c1)OCCCC2NCCc1ccc(CO)cc1. The first-order chi connectivity index (χ1) is 11.3. The molecule has 3 rings (SSSR count). The highest BCUT2D eigenvalue weighted by atomic mass is 16.5. The summed E-state index contributed by atoms with van der Waals surface area (Å²) in [4.78, 5) is 0. The molecule has 2 N–H and O–H groups in total. The van der Waals surface area contributed by atoms with E-state index in [1.807, 2.05) is 12.1 Å².